The van der Waals surface area contributed by atoms with E-state index in [1.54, 1.807) is 0 Å². The van der Waals surface area contributed by atoms with Crippen LogP contribution in [0, 0.1) is 23.7 Å². The highest BCUT2D eigenvalue weighted by Crippen LogP contribution is 2.42. The number of carbonyl (C=O) groups excluding carboxylic acids is 4. The van der Waals surface area contributed by atoms with E-state index in [0.717, 1.165) is 63.5 Å². The van der Waals surface area contributed by atoms with Gasteiger partial charge in [0.25, 0.3) is 0 Å². The Morgan fingerprint density at radius 1 is 0.562 bits per heavy atom. The molecule has 14 heteroatoms. The molecule has 0 radical (unpaired) electrons. The molecule has 0 N–H and O–H groups in total. The summed E-state index contributed by atoms with van der Waals surface area (Å²) in [6, 6.07) is 2.27. The first-order chi connectivity index (χ1) is 22.8. The molecule has 8 nitrogen and oxygen atoms in total. The summed E-state index contributed by atoms with van der Waals surface area (Å²) in [6.45, 7) is 4.60. The first kappa shape index (κ1) is 38.9. The van der Waals surface area contributed by atoms with E-state index in [9.17, 15) is 19.2 Å². The normalized spacial score (nSPS) is 20.9. The average Bonchev–Trinajstić information content (AvgIpc) is 3.04. The topological polar surface area (TPSA) is 105 Å². The van der Waals surface area contributed by atoms with Crippen molar-refractivity contribution in [1.29, 1.82) is 0 Å². The van der Waals surface area contributed by atoms with Gasteiger partial charge >= 0.3 is 23.9 Å². The van der Waals surface area contributed by atoms with Crippen LogP contribution in [0.5, 0.6) is 11.5 Å². The third kappa shape index (κ3) is 10.1. The first-order valence-electron chi connectivity index (χ1n) is 15.9. The fraction of sp³-hybridized carbons (Fsp3) is 0.529. The minimum Gasteiger partial charge on any atom is -0.462 e. The number of carbonyl (C=O) groups is 4. The van der Waals surface area contributed by atoms with Gasteiger partial charge in [0, 0.05) is 0 Å². The van der Waals surface area contributed by atoms with Crippen molar-refractivity contribution in [2.24, 2.45) is 23.7 Å². The Balaban J connectivity index is 1.46. The van der Waals surface area contributed by atoms with Crippen molar-refractivity contribution in [2.45, 2.75) is 78.1 Å². The van der Waals surface area contributed by atoms with Gasteiger partial charge in [0.1, 0.15) is 11.1 Å². The lowest BCUT2D eigenvalue weighted by molar-refractivity contribution is -0.156. The van der Waals surface area contributed by atoms with Crippen LogP contribution in [0.25, 0.3) is 0 Å². The molecule has 2 fully saturated rings. The standard InChI is InChI=1S/C34H36Cl6O8/c1-17-3-7-19(8-4-17)11-13-45-31(41)25-27(39)21(35)15-23(37)29(25)47-33(43)34(44)48-30-24(38)16-22(36)28(40)26(30)32(42)46-14-12-20-9-5-18(2)6-10-20/h15-20H,3-14H2,1-2H3. The first-order valence-corrected chi connectivity index (χ1v) is 18.2. The van der Waals surface area contributed by atoms with Gasteiger partial charge in [-0.15, -0.1) is 0 Å². The molecule has 0 aromatic heterocycles. The van der Waals surface area contributed by atoms with Gasteiger partial charge in [-0.1, -0.05) is 135 Å². The Hall–Kier alpha value is -1.94. The minimum absolute atomic E-state index is 0.0856. The molecule has 0 bridgehead atoms. The molecule has 2 saturated carbocycles. The quantitative estimate of drug-likeness (QED) is 0.101. The summed E-state index contributed by atoms with van der Waals surface area (Å²) >= 11 is 37.5. The maximum Gasteiger partial charge on any atom is 0.423 e. The van der Waals surface area contributed by atoms with Gasteiger partial charge in [-0.2, -0.15) is 0 Å². The van der Waals surface area contributed by atoms with E-state index in [1.165, 1.54) is 0 Å². The molecule has 2 aromatic carbocycles. The fourth-order valence-electron chi connectivity index (χ4n) is 6.01. The molecule has 262 valence electrons. The largest absolute Gasteiger partial charge is 0.462 e. The number of esters is 4. The summed E-state index contributed by atoms with van der Waals surface area (Å²) in [7, 11) is 0. The van der Waals surface area contributed by atoms with Crippen LogP contribution in [0.15, 0.2) is 12.1 Å². The number of hydrogen-bond acceptors (Lipinski definition) is 8. The van der Waals surface area contributed by atoms with Crippen LogP contribution in [0.4, 0.5) is 0 Å². The van der Waals surface area contributed by atoms with Crippen LogP contribution in [-0.4, -0.2) is 37.1 Å². The van der Waals surface area contributed by atoms with Gasteiger partial charge < -0.3 is 18.9 Å². The van der Waals surface area contributed by atoms with Gasteiger partial charge in [0.2, 0.25) is 0 Å². The van der Waals surface area contributed by atoms with Gasteiger partial charge in [-0.25, -0.2) is 19.2 Å². The summed E-state index contributed by atoms with van der Waals surface area (Å²) in [5, 5.41) is -1.42. The lowest BCUT2D eigenvalue weighted by Crippen LogP contribution is -2.27. The molecule has 0 unspecified atom stereocenters. The lowest BCUT2D eigenvalue weighted by Gasteiger charge is -2.25. The van der Waals surface area contributed by atoms with E-state index in [1.807, 2.05) is 0 Å². The molecular formula is C34H36Cl6O8. The Morgan fingerprint density at radius 2 is 0.896 bits per heavy atom. The summed E-state index contributed by atoms with van der Waals surface area (Å²) in [5.74, 6) is -4.13. The zero-order chi connectivity index (χ0) is 35.1. The predicted octanol–water partition coefficient (Wildman–Crippen LogP) is 10.9. The second kappa shape index (κ2) is 17.8. The van der Waals surface area contributed by atoms with Crippen LogP contribution >= 0.6 is 69.6 Å². The number of rotatable bonds is 10. The summed E-state index contributed by atoms with van der Waals surface area (Å²) < 4.78 is 21.3. The van der Waals surface area contributed by atoms with Crippen LogP contribution in [-0.2, 0) is 19.1 Å². The molecule has 2 aliphatic rings. The predicted molar refractivity (Wildman–Crippen MR) is 186 cm³/mol. The van der Waals surface area contributed by atoms with Crippen molar-refractivity contribution in [3.05, 3.63) is 53.4 Å². The van der Waals surface area contributed by atoms with Gasteiger partial charge in [-0.05, 0) is 48.6 Å². The molecule has 48 heavy (non-hydrogen) atoms. The van der Waals surface area contributed by atoms with E-state index in [-0.39, 0.29) is 43.3 Å². The Kier molecular flexibility index (Phi) is 14.4. The summed E-state index contributed by atoms with van der Waals surface area (Å²) in [6.07, 6.45) is 9.88. The Bertz CT molecular complexity index is 1420. The molecule has 4 rings (SSSR count). The molecule has 2 aliphatic carbocycles. The zero-order valence-corrected chi connectivity index (χ0v) is 31.0. The van der Waals surface area contributed by atoms with Gasteiger partial charge in [0.05, 0.1) is 43.3 Å². The van der Waals surface area contributed by atoms with E-state index < -0.39 is 46.5 Å². The van der Waals surface area contributed by atoms with E-state index >= 15 is 0 Å². The molecule has 0 saturated heterocycles. The van der Waals surface area contributed by atoms with Gasteiger partial charge in [0.15, 0.2) is 11.5 Å². The molecule has 0 spiro atoms. The molecule has 0 heterocycles. The molecular weight excluding hydrogens is 749 g/mol. The van der Waals surface area contributed by atoms with Crippen molar-refractivity contribution in [1.82, 2.24) is 0 Å². The van der Waals surface area contributed by atoms with E-state index in [2.05, 4.69) is 13.8 Å². The summed E-state index contributed by atoms with van der Waals surface area (Å²) in [5.41, 5.74) is -0.895. The maximum absolute atomic E-state index is 13.1. The van der Waals surface area contributed by atoms with Crippen molar-refractivity contribution in [3.63, 3.8) is 0 Å². The highest BCUT2D eigenvalue weighted by atomic mass is 35.5. The molecule has 0 amide bonds. The van der Waals surface area contributed by atoms with Crippen molar-refractivity contribution < 1.29 is 38.1 Å². The Morgan fingerprint density at radius 3 is 1.23 bits per heavy atom. The van der Waals surface area contributed by atoms with Crippen molar-refractivity contribution in [2.75, 3.05) is 13.2 Å². The lowest BCUT2D eigenvalue weighted by atomic mass is 9.82. The molecule has 2 aromatic rings. The van der Waals surface area contributed by atoms with Crippen LogP contribution in [0.1, 0.15) is 98.8 Å². The van der Waals surface area contributed by atoms with Crippen molar-refractivity contribution in [3.8, 4) is 11.5 Å². The minimum atomic E-state index is -1.63. The second-order valence-corrected chi connectivity index (χ2v) is 15.0. The number of hydrogen-bond donors (Lipinski definition) is 0. The van der Waals surface area contributed by atoms with Crippen LogP contribution in [0.3, 0.4) is 0 Å². The molecule has 0 aliphatic heterocycles. The zero-order valence-electron chi connectivity index (χ0n) is 26.5. The summed E-state index contributed by atoms with van der Waals surface area (Å²) in [4.78, 5) is 52.3. The fourth-order valence-corrected chi connectivity index (χ4v) is 7.45. The van der Waals surface area contributed by atoms with E-state index in [0.29, 0.717) is 36.5 Å². The second-order valence-electron chi connectivity index (χ2n) is 12.6. The highest BCUT2D eigenvalue weighted by Gasteiger charge is 2.32. The monoisotopic (exact) mass is 782 g/mol. The average molecular weight is 785 g/mol. The van der Waals surface area contributed by atoms with Crippen LogP contribution < -0.4 is 9.47 Å². The maximum atomic E-state index is 13.1. The highest BCUT2D eigenvalue weighted by molar-refractivity contribution is 6.47. The van der Waals surface area contributed by atoms with Crippen LogP contribution in [0.2, 0.25) is 30.1 Å². The molecule has 0 atom stereocenters. The SMILES string of the molecule is CC1CCC(CCOC(=O)c2c(Cl)c(Cl)cc(Cl)c2OC(=O)C(=O)Oc2c(Cl)cc(Cl)c(Cl)c2C(=O)OCCC2CCC(C)CC2)CC1. The third-order valence-corrected chi connectivity index (χ3v) is 11.1. The third-order valence-electron chi connectivity index (χ3n) is 9.01. The Labute approximate surface area is 309 Å². The smallest absolute Gasteiger partial charge is 0.423 e. The van der Waals surface area contributed by atoms with Gasteiger partial charge in [-0.3, -0.25) is 0 Å². The van der Waals surface area contributed by atoms with E-state index in [4.69, 9.17) is 88.6 Å². The number of halogens is 6. The number of benzene rings is 2. The van der Waals surface area contributed by atoms with Crippen molar-refractivity contribution >= 4 is 93.5 Å². The number of ether oxygens (including phenoxy) is 4.